The molecule has 1 aliphatic rings. The van der Waals surface area contributed by atoms with E-state index in [1.54, 1.807) is 6.20 Å². The summed E-state index contributed by atoms with van der Waals surface area (Å²) in [6.07, 6.45) is 5.87. The monoisotopic (exact) mass is 233 g/mol. The maximum atomic E-state index is 9.20. The van der Waals surface area contributed by atoms with Crippen LogP contribution in [0.3, 0.4) is 0 Å². The van der Waals surface area contributed by atoms with Crippen LogP contribution in [0.5, 0.6) is 0 Å². The van der Waals surface area contributed by atoms with Crippen molar-refractivity contribution in [2.24, 2.45) is 18.7 Å². The van der Waals surface area contributed by atoms with Gasteiger partial charge in [0.05, 0.1) is 12.6 Å². The fraction of sp³-hybridized carbons (Fsp3) is 0.667. The summed E-state index contributed by atoms with van der Waals surface area (Å²) in [5.74, 6) is 1.36. The normalized spacial score (nSPS) is 19.0. The molecule has 1 aromatic rings. The van der Waals surface area contributed by atoms with Crippen LogP contribution in [0.1, 0.15) is 18.7 Å². The van der Waals surface area contributed by atoms with Crippen molar-refractivity contribution < 1.29 is 0 Å². The van der Waals surface area contributed by atoms with E-state index in [1.165, 1.54) is 0 Å². The van der Waals surface area contributed by atoms with Crippen LogP contribution in [0.2, 0.25) is 0 Å². The van der Waals surface area contributed by atoms with E-state index in [4.69, 9.17) is 5.73 Å². The van der Waals surface area contributed by atoms with E-state index in [9.17, 15) is 5.26 Å². The summed E-state index contributed by atoms with van der Waals surface area (Å²) in [6, 6.07) is 2.27. The number of nitrogens with two attached hydrogens (primary N) is 1. The zero-order valence-corrected chi connectivity index (χ0v) is 10.4. The number of aromatic nitrogens is 2. The SMILES string of the molecule is CN(Cc1nccn1C)CC(N)(C#N)C1CC1. The highest BCUT2D eigenvalue weighted by atomic mass is 15.2. The Labute approximate surface area is 102 Å². The van der Waals surface area contributed by atoms with Gasteiger partial charge in [0.1, 0.15) is 11.4 Å². The van der Waals surface area contributed by atoms with Crippen molar-refractivity contribution in [3.8, 4) is 6.07 Å². The van der Waals surface area contributed by atoms with Crippen molar-refractivity contribution >= 4 is 0 Å². The van der Waals surface area contributed by atoms with E-state index >= 15 is 0 Å². The third-order valence-corrected chi connectivity index (χ3v) is 3.38. The van der Waals surface area contributed by atoms with Crippen molar-refractivity contribution in [1.82, 2.24) is 14.5 Å². The lowest BCUT2D eigenvalue weighted by atomic mass is 9.96. The highest BCUT2D eigenvalue weighted by Gasteiger charge is 2.43. The maximum Gasteiger partial charge on any atom is 0.122 e. The van der Waals surface area contributed by atoms with E-state index in [-0.39, 0.29) is 0 Å². The number of aryl methyl sites for hydroxylation is 1. The Morgan fingerprint density at radius 2 is 2.41 bits per heavy atom. The molecule has 5 nitrogen and oxygen atoms in total. The lowest BCUT2D eigenvalue weighted by molar-refractivity contribution is 0.250. The van der Waals surface area contributed by atoms with Gasteiger partial charge in [-0.25, -0.2) is 4.98 Å². The molecule has 1 saturated carbocycles. The number of nitrogens with zero attached hydrogens (tertiary/aromatic N) is 4. The largest absolute Gasteiger partial charge is 0.337 e. The molecule has 0 aromatic carbocycles. The minimum atomic E-state index is -0.695. The Kier molecular flexibility index (Phi) is 3.18. The molecule has 1 aromatic heterocycles. The van der Waals surface area contributed by atoms with Crippen LogP contribution in [0.4, 0.5) is 0 Å². The van der Waals surface area contributed by atoms with Gasteiger partial charge in [-0.15, -0.1) is 0 Å². The molecule has 17 heavy (non-hydrogen) atoms. The van der Waals surface area contributed by atoms with Crippen molar-refractivity contribution in [3.63, 3.8) is 0 Å². The molecule has 5 heteroatoms. The van der Waals surface area contributed by atoms with Crippen molar-refractivity contribution in [2.45, 2.75) is 24.9 Å². The molecule has 2 rings (SSSR count). The topological polar surface area (TPSA) is 70.9 Å². The molecule has 1 atom stereocenters. The summed E-state index contributed by atoms with van der Waals surface area (Å²) < 4.78 is 1.98. The van der Waals surface area contributed by atoms with E-state index in [0.717, 1.165) is 25.2 Å². The van der Waals surface area contributed by atoms with E-state index in [1.807, 2.05) is 24.9 Å². The van der Waals surface area contributed by atoms with Crippen LogP contribution >= 0.6 is 0 Å². The Bertz CT molecular complexity index is 428. The molecular weight excluding hydrogens is 214 g/mol. The summed E-state index contributed by atoms with van der Waals surface area (Å²) >= 11 is 0. The summed E-state index contributed by atoms with van der Waals surface area (Å²) in [7, 11) is 3.95. The minimum absolute atomic E-state index is 0.372. The fourth-order valence-electron chi connectivity index (χ4n) is 2.15. The third kappa shape index (κ3) is 2.65. The van der Waals surface area contributed by atoms with Crippen LogP contribution in [-0.4, -0.2) is 33.6 Å². The summed E-state index contributed by atoms with van der Waals surface area (Å²) in [6.45, 7) is 1.32. The van der Waals surface area contributed by atoms with Crippen LogP contribution in [0.25, 0.3) is 0 Å². The quantitative estimate of drug-likeness (QED) is 0.803. The predicted octanol–water partition coefficient (Wildman–Crippen LogP) is 0.483. The van der Waals surface area contributed by atoms with Crippen molar-refractivity contribution in [2.75, 3.05) is 13.6 Å². The highest BCUT2D eigenvalue weighted by Crippen LogP contribution is 2.38. The van der Waals surface area contributed by atoms with Gasteiger partial charge in [-0.2, -0.15) is 5.26 Å². The Hall–Kier alpha value is -1.38. The number of likely N-dealkylation sites (N-methyl/N-ethyl adjacent to an activating group) is 1. The van der Waals surface area contributed by atoms with Crippen molar-refractivity contribution in [1.29, 1.82) is 5.26 Å². The molecule has 0 saturated heterocycles. The van der Waals surface area contributed by atoms with E-state index < -0.39 is 5.54 Å². The number of imidazole rings is 1. The van der Waals surface area contributed by atoms with Gasteiger partial charge >= 0.3 is 0 Å². The molecule has 2 N–H and O–H groups in total. The molecule has 1 heterocycles. The van der Waals surface area contributed by atoms with Gasteiger partial charge in [-0.1, -0.05) is 0 Å². The highest BCUT2D eigenvalue weighted by molar-refractivity contribution is 5.14. The van der Waals surface area contributed by atoms with E-state index in [2.05, 4.69) is 16.0 Å². The van der Waals surface area contributed by atoms with Crippen LogP contribution in [-0.2, 0) is 13.6 Å². The second-order valence-corrected chi connectivity index (χ2v) is 5.05. The maximum absolute atomic E-state index is 9.20. The van der Waals surface area contributed by atoms with Gasteiger partial charge in [-0.3, -0.25) is 4.90 Å². The van der Waals surface area contributed by atoms with Gasteiger partial charge in [0.15, 0.2) is 0 Å². The minimum Gasteiger partial charge on any atom is -0.337 e. The standard InChI is InChI=1S/C12H19N5/c1-16(7-11-15-5-6-17(11)2)9-12(14,8-13)10-3-4-10/h5-6,10H,3-4,7,9,14H2,1-2H3. The van der Waals surface area contributed by atoms with Crippen LogP contribution in [0, 0.1) is 17.2 Å². The lowest BCUT2D eigenvalue weighted by Crippen LogP contribution is -2.50. The van der Waals surface area contributed by atoms with Crippen LogP contribution < -0.4 is 5.73 Å². The number of hydrogen-bond acceptors (Lipinski definition) is 4. The molecule has 1 unspecified atom stereocenters. The molecule has 1 fully saturated rings. The number of hydrogen-bond donors (Lipinski definition) is 1. The van der Waals surface area contributed by atoms with Gasteiger partial charge in [0.2, 0.25) is 0 Å². The smallest absolute Gasteiger partial charge is 0.122 e. The molecule has 0 radical (unpaired) electrons. The molecule has 92 valence electrons. The van der Waals surface area contributed by atoms with E-state index in [0.29, 0.717) is 12.5 Å². The summed E-state index contributed by atoms with van der Waals surface area (Å²) in [5.41, 5.74) is 5.45. The molecule has 0 aliphatic heterocycles. The Morgan fingerprint density at radius 3 is 2.88 bits per heavy atom. The Morgan fingerprint density at radius 1 is 1.71 bits per heavy atom. The molecular formula is C12H19N5. The predicted molar refractivity (Wildman–Crippen MR) is 64.8 cm³/mol. The van der Waals surface area contributed by atoms with Gasteiger partial charge in [-0.05, 0) is 25.8 Å². The Balaban J connectivity index is 1.95. The first-order valence-corrected chi connectivity index (χ1v) is 5.90. The zero-order valence-electron chi connectivity index (χ0n) is 10.4. The number of nitriles is 1. The first-order chi connectivity index (χ1) is 8.05. The second-order valence-electron chi connectivity index (χ2n) is 5.05. The average Bonchev–Trinajstić information content (AvgIpc) is 3.06. The third-order valence-electron chi connectivity index (χ3n) is 3.38. The van der Waals surface area contributed by atoms with Crippen molar-refractivity contribution in [3.05, 3.63) is 18.2 Å². The molecule has 1 aliphatic carbocycles. The summed E-state index contributed by atoms with van der Waals surface area (Å²) in [4.78, 5) is 6.34. The van der Waals surface area contributed by atoms with Gasteiger partial charge < -0.3 is 10.3 Å². The fourth-order valence-corrected chi connectivity index (χ4v) is 2.15. The molecule has 0 amide bonds. The average molecular weight is 233 g/mol. The number of rotatable bonds is 5. The zero-order chi connectivity index (χ0) is 12.5. The summed E-state index contributed by atoms with van der Waals surface area (Å²) in [5, 5.41) is 9.20. The second kappa shape index (κ2) is 4.47. The van der Waals surface area contributed by atoms with Gasteiger partial charge in [0.25, 0.3) is 0 Å². The first kappa shape index (κ1) is 12.1. The first-order valence-electron chi connectivity index (χ1n) is 5.90. The molecule has 0 spiro atoms. The lowest BCUT2D eigenvalue weighted by Gasteiger charge is -2.27. The molecule has 0 bridgehead atoms. The van der Waals surface area contributed by atoms with Gasteiger partial charge in [0, 0.05) is 26.0 Å². The van der Waals surface area contributed by atoms with Crippen LogP contribution in [0.15, 0.2) is 12.4 Å².